The number of rotatable bonds is 3. The summed E-state index contributed by atoms with van der Waals surface area (Å²) in [6.45, 7) is 1.51. The Kier molecular flexibility index (Phi) is 4.26. The summed E-state index contributed by atoms with van der Waals surface area (Å²) in [6, 6.07) is 8.08. The van der Waals surface area contributed by atoms with Crippen LogP contribution in [0.15, 0.2) is 53.3 Å². The van der Waals surface area contributed by atoms with Crippen molar-refractivity contribution in [2.45, 2.75) is 13.1 Å². The lowest BCUT2D eigenvalue weighted by atomic mass is 10.1. The van der Waals surface area contributed by atoms with Crippen LogP contribution in [-0.2, 0) is 6.18 Å². The molecule has 2 aromatic heterocycles. The summed E-state index contributed by atoms with van der Waals surface area (Å²) in [6.07, 6.45) is -1.55. The fraction of sp³-hybridized carbons (Fsp3) is 0.118. The minimum Gasteiger partial charge on any atom is -0.360 e. The van der Waals surface area contributed by atoms with E-state index in [0.29, 0.717) is 5.56 Å². The van der Waals surface area contributed by atoms with Gasteiger partial charge in [0.1, 0.15) is 17.0 Å². The molecule has 0 fully saturated rings. The van der Waals surface area contributed by atoms with Gasteiger partial charge in [0.15, 0.2) is 0 Å². The first kappa shape index (κ1) is 16.7. The molecular formula is C17H12F3N3O2. The average Bonchev–Trinajstić information content (AvgIpc) is 2.97. The molecule has 128 valence electrons. The zero-order valence-corrected chi connectivity index (χ0v) is 13.0. The molecule has 0 spiro atoms. The molecule has 0 aliphatic carbocycles. The number of carbonyl (C=O) groups is 1. The van der Waals surface area contributed by atoms with Gasteiger partial charge in [-0.25, -0.2) is 0 Å². The third-order valence-corrected chi connectivity index (χ3v) is 3.51. The first-order valence-electron chi connectivity index (χ1n) is 7.22. The second kappa shape index (κ2) is 6.39. The number of carbonyl (C=O) groups excluding carboxylic acids is 1. The van der Waals surface area contributed by atoms with E-state index in [1.54, 1.807) is 18.3 Å². The van der Waals surface area contributed by atoms with Gasteiger partial charge in [0.05, 0.1) is 11.3 Å². The van der Waals surface area contributed by atoms with Crippen molar-refractivity contribution in [1.29, 1.82) is 0 Å². The minimum absolute atomic E-state index is 0.0602. The van der Waals surface area contributed by atoms with Gasteiger partial charge in [-0.3, -0.25) is 9.78 Å². The van der Waals surface area contributed by atoms with E-state index >= 15 is 0 Å². The zero-order valence-electron chi connectivity index (χ0n) is 13.0. The molecule has 0 atom stereocenters. The van der Waals surface area contributed by atoms with Crippen molar-refractivity contribution < 1.29 is 22.5 Å². The molecule has 0 unspecified atom stereocenters. The minimum atomic E-state index is -4.58. The number of hydrogen-bond donors (Lipinski definition) is 1. The van der Waals surface area contributed by atoms with E-state index in [-0.39, 0.29) is 22.7 Å². The number of halogens is 3. The van der Waals surface area contributed by atoms with Gasteiger partial charge < -0.3 is 9.84 Å². The Balaban J connectivity index is 1.98. The molecule has 0 aliphatic heterocycles. The number of aryl methyl sites for hydroxylation is 1. The summed E-state index contributed by atoms with van der Waals surface area (Å²) in [5.41, 5.74) is -0.468. The molecular weight excluding hydrogens is 335 g/mol. The second-order valence-electron chi connectivity index (χ2n) is 5.20. The van der Waals surface area contributed by atoms with Crippen LogP contribution in [-0.4, -0.2) is 16.0 Å². The van der Waals surface area contributed by atoms with Gasteiger partial charge in [0, 0.05) is 18.0 Å². The molecule has 0 radical (unpaired) electrons. The number of anilines is 1. The maximum atomic E-state index is 13.1. The van der Waals surface area contributed by atoms with Crippen LogP contribution in [0.2, 0.25) is 0 Å². The number of hydrogen-bond acceptors (Lipinski definition) is 4. The van der Waals surface area contributed by atoms with E-state index in [1.165, 1.54) is 31.3 Å². The van der Waals surface area contributed by atoms with Crippen molar-refractivity contribution in [3.63, 3.8) is 0 Å². The van der Waals surface area contributed by atoms with Crippen LogP contribution in [0.3, 0.4) is 0 Å². The quantitative estimate of drug-likeness (QED) is 0.766. The second-order valence-corrected chi connectivity index (χ2v) is 5.20. The number of nitrogens with zero attached hydrogens (tertiary/aromatic N) is 2. The largest absolute Gasteiger partial charge is 0.418 e. The van der Waals surface area contributed by atoms with Crippen LogP contribution in [0.4, 0.5) is 18.9 Å². The first-order valence-corrected chi connectivity index (χ1v) is 7.22. The number of alkyl halides is 3. The number of para-hydroxylation sites is 1. The monoisotopic (exact) mass is 347 g/mol. The molecule has 1 amide bonds. The summed E-state index contributed by atoms with van der Waals surface area (Å²) in [5.74, 6) is -0.546. The SMILES string of the molecule is Cc1onc(-c2cccnc2)c1C(=O)Nc1ccccc1C(F)(F)F. The highest BCUT2D eigenvalue weighted by atomic mass is 19.4. The molecule has 8 heteroatoms. The van der Waals surface area contributed by atoms with Gasteiger partial charge in [-0.05, 0) is 31.2 Å². The van der Waals surface area contributed by atoms with Crippen LogP contribution >= 0.6 is 0 Å². The lowest BCUT2D eigenvalue weighted by Gasteiger charge is -2.13. The van der Waals surface area contributed by atoms with Crippen molar-refractivity contribution in [3.05, 3.63) is 65.7 Å². The fourth-order valence-corrected chi connectivity index (χ4v) is 2.36. The Morgan fingerprint density at radius 3 is 2.60 bits per heavy atom. The Bertz CT molecular complexity index is 905. The Hall–Kier alpha value is -3.16. The normalized spacial score (nSPS) is 11.4. The molecule has 0 saturated heterocycles. The van der Waals surface area contributed by atoms with Crippen molar-refractivity contribution in [3.8, 4) is 11.3 Å². The number of aromatic nitrogens is 2. The fourth-order valence-electron chi connectivity index (χ4n) is 2.36. The van der Waals surface area contributed by atoms with Gasteiger partial charge in [0.25, 0.3) is 5.91 Å². The van der Waals surface area contributed by atoms with Crippen LogP contribution in [0.25, 0.3) is 11.3 Å². The van der Waals surface area contributed by atoms with Crippen molar-refractivity contribution in [1.82, 2.24) is 10.1 Å². The molecule has 0 bridgehead atoms. The summed E-state index contributed by atoms with van der Waals surface area (Å²) in [5, 5.41) is 6.11. The third-order valence-electron chi connectivity index (χ3n) is 3.51. The standard InChI is InChI=1S/C17H12F3N3O2/c1-10-14(15(23-25-10)11-5-4-8-21-9-11)16(24)22-13-7-3-2-6-12(13)17(18,19)20/h2-9H,1H3,(H,22,24). The van der Waals surface area contributed by atoms with Crippen molar-refractivity contribution >= 4 is 11.6 Å². The maximum absolute atomic E-state index is 13.1. The summed E-state index contributed by atoms with van der Waals surface area (Å²) in [7, 11) is 0. The first-order chi connectivity index (χ1) is 11.9. The molecule has 1 N–H and O–H groups in total. The molecule has 25 heavy (non-hydrogen) atoms. The van der Waals surface area contributed by atoms with Gasteiger partial charge in [-0.1, -0.05) is 17.3 Å². The highest BCUT2D eigenvalue weighted by Crippen LogP contribution is 2.35. The van der Waals surface area contributed by atoms with Crippen molar-refractivity contribution in [2.24, 2.45) is 0 Å². The van der Waals surface area contributed by atoms with E-state index in [1.807, 2.05) is 0 Å². The molecule has 5 nitrogen and oxygen atoms in total. The Morgan fingerprint density at radius 2 is 1.92 bits per heavy atom. The molecule has 0 aliphatic rings. The number of benzene rings is 1. The van der Waals surface area contributed by atoms with Gasteiger partial charge in [0.2, 0.25) is 0 Å². The predicted octanol–water partition coefficient (Wildman–Crippen LogP) is 4.32. The number of nitrogens with one attached hydrogen (secondary N) is 1. The van der Waals surface area contributed by atoms with Crippen LogP contribution < -0.4 is 5.32 Å². The van der Waals surface area contributed by atoms with Crippen LogP contribution in [0.5, 0.6) is 0 Å². The average molecular weight is 347 g/mol. The zero-order chi connectivity index (χ0) is 18.0. The molecule has 0 saturated carbocycles. The van der Waals surface area contributed by atoms with E-state index in [9.17, 15) is 18.0 Å². The molecule has 1 aromatic carbocycles. The van der Waals surface area contributed by atoms with Gasteiger partial charge >= 0.3 is 6.18 Å². The summed E-state index contributed by atoms with van der Waals surface area (Å²) >= 11 is 0. The van der Waals surface area contributed by atoms with E-state index in [0.717, 1.165) is 6.07 Å². The van der Waals surface area contributed by atoms with E-state index < -0.39 is 17.6 Å². The van der Waals surface area contributed by atoms with Crippen molar-refractivity contribution in [2.75, 3.05) is 5.32 Å². The highest BCUT2D eigenvalue weighted by molar-refractivity contribution is 6.09. The maximum Gasteiger partial charge on any atom is 0.418 e. The van der Waals surface area contributed by atoms with E-state index in [4.69, 9.17) is 4.52 Å². The highest BCUT2D eigenvalue weighted by Gasteiger charge is 2.34. The summed E-state index contributed by atoms with van der Waals surface area (Å²) in [4.78, 5) is 16.5. The topological polar surface area (TPSA) is 68.0 Å². The van der Waals surface area contributed by atoms with Crippen LogP contribution in [0.1, 0.15) is 21.7 Å². The lowest BCUT2D eigenvalue weighted by molar-refractivity contribution is -0.136. The Morgan fingerprint density at radius 1 is 1.16 bits per heavy atom. The Labute approximate surface area is 140 Å². The number of pyridine rings is 1. The molecule has 3 aromatic rings. The molecule has 2 heterocycles. The lowest BCUT2D eigenvalue weighted by Crippen LogP contribution is -2.17. The van der Waals surface area contributed by atoms with Crippen LogP contribution in [0, 0.1) is 6.92 Å². The predicted molar refractivity (Wildman–Crippen MR) is 83.9 cm³/mol. The summed E-state index contributed by atoms with van der Waals surface area (Å²) < 4.78 is 44.3. The smallest absolute Gasteiger partial charge is 0.360 e. The van der Waals surface area contributed by atoms with E-state index in [2.05, 4.69) is 15.5 Å². The van der Waals surface area contributed by atoms with Gasteiger partial charge in [-0.2, -0.15) is 13.2 Å². The van der Waals surface area contributed by atoms with Gasteiger partial charge in [-0.15, -0.1) is 0 Å². The molecule has 3 rings (SSSR count). The number of amides is 1. The third kappa shape index (κ3) is 3.37.